The summed E-state index contributed by atoms with van der Waals surface area (Å²) < 4.78 is 0.684. The Morgan fingerprint density at radius 3 is 3.17 bits per heavy atom. The monoisotopic (exact) mass is 228 g/mol. The van der Waals surface area contributed by atoms with Crippen LogP contribution in [0.2, 0.25) is 0 Å². The molecule has 0 spiro atoms. The summed E-state index contributed by atoms with van der Waals surface area (Å²) in [6, 6.07) is 0. The quantitative estimate of drug-likeness (QED) is 0.731. The van der Waals surface area contributed by atoms with Crippen LogP contribution in [0.15, 0.2) is 10.8 Å². The molecular weight excluding hydrogens is 220 g/mol. The van der Waals surface area contributed by atoms with Crippen molar-refractivity contribution >= 4 is 15.9 Å². The predicted octanol–water partition coefficient (Wildman–Crippen LogP) is 1.39. The van der Waals surface area contributed by atoms with E-state index in [0.29, 0.717) is 4.60 Å². The standard InChI is InChI=1S/C8H9BrN2O/c1-8(12)3-2-5-7(8)11-6(9)4-10-5/h4,12H,2-3H2,1H3. The van der Waals surface area contributed by atoms with E-state index >= 15 is 0 Å². The lowest BCUT2D eigenvalue weighted by atomic mass is 10.1. The fourth-order valence-electron chi connectivity index (χ4n) is 1.49. The highest BCUT2D eigenvalue weighted by Crippen LogP contribution is 2.34. The van der Waals surface area contributed by atoms with Crippen molar-refractivity contribution in [1.82, 2.24) is 9.97 Å². The Hall–Kier alpha value is -0.480. The summed E-state index contributed by atoms with van der Waals surface area (Å²) in [6.45, 7) is 1.78. The van der Waals surface area contributed by atoms with E-state index in [0.717, 1.165) is 24.2 Å². The molecule has 0 saturated carbocycles. The van der Waals surface area contributed by atoms with E-state index in [1.165, 1.54) is 0 Å². The molecule has 1 heterocycles. The fraction of sp³-hybridized carbons (Fsp3) is 0.500. The Labute approximate surface area is 79.0 Å². The first-order chi connectivity index (χ1) is 5.59. The van der Waals surface area contributed by atoms with Crippen molar-refractivity contribution in [3.63, 3.8) is 0 Å². The highest BCUT2D eigenvalue weighted by molar-refractivity contribution is 9.10. The Morgan fingerprint density at radius 2 is 2.42 bits per heavy atom. The van der Waals surface area contributed by atoms with Gasteiger partial charge in [0.25, 0.3) is 0 Å². The van der Waals surface area contributed by atoms with Gasteiger partial charge in [-0.15, -0.1) is 0 Å². The van der Waals surface area contributed by atoms with Crippen molar-refractivity contribution in [2.24, 2.45) is 0 Å². The third-order valence-corrected chi connectivity index (χ3v) is 2.56. The molecule has 0 aliphatic heterocycles. The zero-order valence-electron chi connectivity index (χ0n) is 6.71. The molecule has 1 N–H and O–H groups in total. The molecule has 1 aliphatic carbocycles. The van der Waals surface area contributed by atoms with Crippen LogP contribution in [-0.4, -0.2) is 15.1 Å². The van der Waals surface area contributed by atoms with Crippen LogP contribution in [-0.2, 0) is 12.0 Å². The van der Waals surface area contributed by atoms with Crippen molar-refractivity contribution < 1.29 is 5.11 Å². The van der Waals surface area contributed by atoms with Gasteiger partial charge >= 0.3 is 0 Å². The lowest BCUT2D eigenvalue weighted by Crippen LogP contribution is -2.18. The molecule has 0 saturated heterocycles. The van der Waals surface area contributed by atoms with Crippen molar-refractivity contribution in [2.45, 2.75) is 25.4 Å². The number of hydrogen-bond acceptors (Lipinski definition) is 3. The number of halogens is 1. The molecule has 1 unspecified atom stereocenters. The molecule has 0 radical (unpaired) electrons. The average Bonchev–Trinajstić information content (AvgIpc) is 2.28. The largest absolute Gasteiger partial charge is 0.384 e. The van der Waals surface area contributed by atoms with Crippen LogP contribution in [0, 0.1) is 0 Å². The van der Waals surface area contributed by atoms with Gasteiger partial charge in [-0.25, -0.2) is 4.98 Å². The van der Waals surface area contributed by atoms with Crippen LogP contribution in [0.5, 0.6) is 0 Å². The third kappa shape index (κ3) is 1.15. The van der Waals surface area contributed by atoms with E-state index in [-0.39, 0.29) is 0 Å². The minimum Gasteiger partial charge on any atom is -0.384 e. The van der Waals surface area contributed by atoms with Crippen molar-refractivity contribution in [3.8, 4) is 0 Å². The van der Waals surface area contributed by atoms with Crippen LogP contribution in [0.3, 0.4) is 0 Å². The second kappa shape index (κ2) is 2.50. The molecule has 0 fully saturated rings. The molecule has 1 aromatic heterocycles. The number of nitrogens with zero attached hydrogens (tertiary/aromatic N) is 2. The summed E-state index contributed by atoms with van der Waals surface area (Å²) >= 11 is 3.23. The molecule has 64 valence electrons. The normalized spacial score (nSPS) is 27.2. The maximum absolute atomic E-state index is 9.85. The number of hydrogen-bond donors (Lipinski definition) is 1. The molecule has 1 aromatic rings. The van der Waals surface area contributed by atoms with E-state index in [2.05, 4.69) is 25.9 Å². The number of aromatic nitrogens is 2. The Morgan fingerprint density at radius 1 is 1.67 bits per heavy atom. The van der Waals surface area contributed by atoms with E-state index in [1.807, 2.05) is 0 Å². The van der Waals surface area contributed by atoms with Gasteiger partial charge in [0, 0.05) is 0 Å². The first-order valence-corrected chi connectivity index (χ1v) is 4.63. The summed E-state index contributed by atoms with van der Waals surface area (Å²) in [5.74, 6) is 0. The number of rotatable bonds is 0. The number of fused-ring (bicyclic) bond motifs is 1. The first-order valence-electron chi connectivity index (χ1n) is 3.84. The van der Waals surface area contributed by atoms with E-state index in [9.17, 15) is 5.11 Å². The lowest BCUT2D eigenvalue weighted by molar-refractivity contribution is 0.0552. The maximum atomic E-state index is 9.85. The van der Waals surface area contributed by atoms with Crippen LogP contribution >= 0.6 is 15.9 Å². The van der Waals surface area contributed by atoms with E-state index in [1.54, 1.807) is 13.1 Å². The Kier molecular flexibility index (Phi) is 1.70. The summed E-state index contributed by atoms with van der Waals surface area (Å²) in [5.41, 5.74) is 0.853. The predicted molar refractivity (Wildman–Crippen MR) is 47.6 cm³/mol. The van der Waals surface area contributed by atoms with Gasteiger partial charge in [0.2, 0.25) is 0 Å². The molecule has 2 rings (SSSR count). The van der Waals surface area contributed by atoms with Gasteiger partial charge in [-0.05, 0) is 35.7 Å². The molecule has 0 bridgehead atoms. The zero-order valence-corrected chi connectivity index (χ0v) is 8.30. The zero-order chi connectivity index (χ0) is 8.77. The summed E-state index contributed by atoms with van der Waals surface area (Å²) in [6.07, 6.45) is 3.21. The van der Waals surface area contributed by atoms with Crippen LogP contribution in [0.25, 0.3) is 0 Å². The molecule has 0 aromatic carbocycles. The smallest absolute Gasteiger partial charge is 0.124 e. The maximum Gasteiger partial charge on any atom is 0.124 e. The molecule has 12 heavy (non-hydrogen) atoms. The molecular formula is C8H9BrN2O. The Balaban J connectivity index is 2.57. The number of aliphatic hydroxyl groups is 1. The Bertz CT molecular complexity index is 325. The van der Waals surface area contributed by atoms with Crippen molar-refractivity contribution in [1.29, 1.82) is 0 Å². The second-order valence-electron chi connectivity index (χ2n) is 3.26. The van der Waals surface area contributed by atoms with Crippen LogP contribution in [0.1, 0.15) is 24.7 Å². The topological polar surface area (TPSA) is 46.0 Å². The number of aryl methyl sites for hydroxylation is 1. The van der Waals surface area contributed by atoms with Gasteiger partial charge in [0.15, 0.2) is 0 Å². The second-order valence-corrected chi connectivity index (χ2v) is 4.07. The minimum atomic E-state index is -0.786. The minimum absolute atomic E-state index is 0.684. The summed E-state index contributed by atoms with van der Waals surface area (Å²) in [7, 11) is 0. The van der Waals surface area contributed by atoms with Gasteiger partial charge < -0.3 is 5.11 Å². The molecule has 1 aliphatic rings. The van der Waals surface area contributed by atoms with E-state index in [4.69, 9.17) is 0 Å². The molecule has 1 atom stereocenters. The molecule has 0 amide bonds. The first kappa shape index (κ1) is 8.13. The average molecular weight is 229 g/mol. The molecule has 3 nitrogen and oxygen atoms in total. The third-order valence-electron chi connectivity index (χ3n) is 2.18. The highest BCUT2D eigenvalue weighted by Gasteiger charge is 2.34. The molecule has 4 heteroatoms. The van der Waals surface area contributed by atoms with Gasteiger partial charge in [-0.3, -0.25) is 4.98 Å². The van der Waals surface area contributed by atoms with Gasteiger partial charge in [0.1, 0.15) is 10.2 Å². The highest BCUT2D eigenvalue weighted by atomic mass is 79.9. The van der Waals surface area contributed by atoms with Gasteiger partial charge in [-0.1, -0.05) is 0 Å². The summed E-state index contributed by atoms with van der Waals surface area (Å²) in [5, 5.41) is 9.85. The summed E-state index contributed by atoms with van der Waals surface area (Å²) in [4.78, 5) is 8.40. The van der Waals surface area contributed by atoms with E-state index < -0.39 is 5.60 Å². The van der Waals surface area contributed by atoms with Crippen LogP contribution < -0.4 is 0 Å². The lowest BCUT2D eigenvalue weighted by Gasteiger charge is -2.15. The van der Waals surface area contributed by atoms with Gasteiger partial charge in [-0.2, -0.15) is 0 Å². The van der Waals surface area contributed by atoms with Crippen molar-refractivity contribution in [2.75, 3.05) is 0 Å². The van der Waals surface area contributed by atoms with Gasteiger partial charge in [0.05, 0.1) is 17.6 Å². The van der Waals surface area contributed by atoms with Crippen LogP contribution in [0.4, 0.5) is 0 Å². The fourth-order valence-corrected chi connectivity index (χ4v) is 1.77. The SMILES string of the molecule is CC1(O)CCc2ncc(Br)nc21. The van der Waals surface area contributed by atoms with Crippen molar-refractivity contribution in [3.05, 3.63) is 22.2 Å².